The van der Waals surface area contributed by atoms with Gasteiger partial charge in [-0.15, -0.1) is 0 Å². The molecule has 0 bridgehead atoms. The highest BCUT2D eigenvalue weighted by Gasteiger charge is 2.34. The summed E-state index contributed by atoms with van der Waals surface area (Å²) >= 11 is 0. The topological polar surface area (TPSA) is 60.5 Å². The molecule has 0 spiro atoms. The number of hydrogen-bond donors (Lipinski definition) is 1. The maximum absolute atomic E-state index is 11.0. The van der Waals surface area contributed by atoms with Crippen LogP contribution in [0.5, 0.6) is 17.2 Å². The zero-order valence-electron chi connectivity index (χ0n) is 23.6. The van der Waals surface area contributed by atoms with E-state index in [1.54, 1.807) is 0 Å². The van der Waals surface area contributed by atoms with Crippen LogP contribution in [0.4, 0.5) is 0 Å². The van der Waals surface area contributed by atoms with Crippen LogP contribution < -0.4 is 14.2 Å². The van der Waals surface area contributed by atoms with Crippen LogP contribution in [0.15, 0.2) is 72.8 Å². The minimum Gasteiger partial charge on any atom is -0.491 e. The van der Waals surface area contributed by atoms with Gasteiger partial charge in [-0.2, -0.15) is 0 Å². The van der Waals surface area contributed by atoms with E-state index in [9.17, 15) is 5.11 Å². The van der Waals surface area contributed by atoms with Gasteiger partial charge in [-0.1, -0.05) is 71.0 Å². The molecular formula is C33H42O5. The molecule has 5 heteroatoms. The molecule has 4 rings (SSSR count). The van der Waals surface area contributed by atoms with Crippen LogP contribution in [0.2, 0.25) is 0 Å². The Morgan fingerprint density at radius 2 is 1.32 bits per heavy atom. The number of ether oxygens (including phenoxy) is 4. The van der Waals surface area contributed by atoms with Crippen LogP contribution in [-0.2, 0) is 10.2 Å². The van der Waals surface area contributed by atoms with Gasteiger partial charge >= 0.3 is 0 Å². The third kappa shape index (κ3) is 6.89. The van der Waals surface area contributed by atoms with E-state index in [4.69, 9.17) is 18.9 Å². The molecule has 1 aliphatic rings. The average molecular weight is 519 g/mol. The summed E-state index contributed by atoms with van der Waals surface area (Å²) in [6.45, 7) is 14.2. The summed E-state index contributed by atoms with van der Waals surface area (Å²) in [6.07, 6.45) is 0.0934. The Hall–Kier alpha value is -3.02. The first-order chi connectivity index (χ1) is 18.1. The molecule has 1 aliphatic heterocycles. The largest absolute Gasteiger partial charge is 0.491 e. The molecule has 204 valence electrons. The number of aliphatic hydroxyl groups is 1. The fraction of sp³-hybridized carbons (Fsp3) is 0.455. The molecule has 0 radical (unpaired) electrons. The predicted octanol–water partition coefficient (Wildman–Crippen LogP) is 6.90. The molecule has 1 saturated heterocycles. The zero-order valence-corrected chi connectivity index (χ0v) is 23.6. The SMILES string of the molecule is CCC(C)(Oc1ccc(C(C)(C)c2ccc(OCC3CO3)cc2)cc1)C(O)COc1ccc(C(C)C)cc1. The summed E-state index contributed by atoms with van der Waals surface area (Å²) in [5.74, 6) is 2.80. The molecule has 0 amide bonds. The Morgan fingerprint density at radius 3 is 1.82 bits per heavy atom. The second-order valence-electron chi connectivity index (χ2n) is 11.3. The lowest BCUT2D eigenvalue weighted by Gasteiger charge is -2.34. The van der Waals surface area contributed by atoms with Crippen molar-refractivity contribution in [3.05, 3.63) is 89.5 Å². The van der Waals surface area contributed by atoms with Crippen molar-refractivity contribution < 1.29 is 24.1 Å². The Bertz CT molecular complexity index is 1150. The quantitative estimate of drug-likeness (QED) is 0.249. The molecule has 3 aromatic carbocycles. The lowest BCUT2D eigenvalue weighted by molar-refractivity contribution is -0.0630. The maximum atomic E-state index is 11.0. The van der Waals surface area contributed by atoms with Gasteiger partial charge in [0.25, 0.3) is 0 Å². The molecule has 38 heavy (non-hydrogen) atoms. The van der Waals surface area contributed by atoms with Gasteiger partial charge in [-0.3, -0.25) is 0 Å². The van der Waals surface area contributed by atoms with E-state index in [0.717, 1.165) is 23.9 Å². The fourth-order valence-corrected chi connectivity index (χ4v) is 4.37. The van der Waals surface area contributed by atoms with Gasteiger partial charge in [0.05, 0.1) is 6.61 Å². The summed E-state index contributed by atoms with van der Waals surface area (Å²) in [6, 6.07) is 24.5. The molecule has 5 nitrogen and oxygen atoms in total. The van der Waals surface area contributed by atoms with Gasteiger partial charge in [-0.25, -0.2) is 0 Å². The minimum absolute atomic E-state index is 0.157. The number of aliphatic hydroxyl groups excluding tert-OH is 1. The maximum Gasteiger partial charge on any atom is 0.135 e. The van der Waals surface area contributed by atoms with Crippen molar-refractivity contribution in [1.29, 1.82) is 0 Å². The van der Waals surface area contributed by atoms with E-state index < -0.39 is 11.7 Å². The van der Waals surface area contributed by atoms with Crippen molar-refractivity contribution in [2.75, 3.05) is 19.8 Å². The van der Waals surface area contributed by atoms with Crippen molar-refractivity contribution in [2.24, 2.45) is 0 Å². The number of epoxide rings is 1. The van der Waals surface area contributed by atoms with Crippen LogP contribution in [0.3, 0.4) is 0 Å². The smallest absolute Gasteiger partial charge is 0.135 e. The van der Waals surface area contributed by atoms with Gasteiger partial charge in [0.1, 0.15) is 48.3 Å². The Morgan fingerprint density at radius 1 is 0.816 bits per heavy atom. The highest BCUT2D eigenvalue weighted by Crippen LogP contribution is 2.34. The molecule has 1 heterocycles. The lowest BCUT2D eigenvalue weighted by Crippen LogP contribution is -2.47. The third-order valence-corrected chi connectivity index (χ3v) is 7.70. The third-order valence-electron chi connectivity index (χ3n) is 7.70. The monoisotopic (exact) mass is 518 g/mol. The van der Waals surface area contributed by atoms with Crippen LogP contribution >= 0.6 is 0 Å². The van der Waals surface area contributed by atoms with E-state index in [0.29, 0.717) is 18.9 Å². The second-order valence-corrected chi connectivity index (χ2v) is 11.3. The molecule has 0 aromatic heterocycles. The fourth-order valence-electron chi connectivity index (χ4n) is 4.37. The van der Waals surface area contributed by atoms with E-state index in [-0.39, 0.29) is 18.1 Å². The molecule has 0 saturated carbocycles. The van der Waals surface area contributed by atoms with Crippen LogP contribution in [0.1, 0.15) is 70.6 Å². The van der Waals surface area contributed by atoms with Crippen molar-refractivity contribution in [3.8, 4) is 17.2 Å². The Kier molecular flexibility index (Phi) is 8.69. The molecule has 3 aromatic rings. The highest BCUT2D eigenvalue weighted by atomic mass is 16.6. The van der Waals surface area contributed by atoms with Crippen molar-refractivity contribution in [1.82, 2.24) is 0 Å². The number of benzene rings is 3. The molecule has 1 N–H and O–H groups in total. The van der Waals surface area contributed by atoms with Crippen LogP contribution in [0.25, 0.3) is 0 Å². The molecule has 3 unspecified atom stereocenters. The van der Waals surface area contributed by atoms with Gasteiger partial charge in [0.2, 0.25) is 0 Å². The van der Waals surface area contributed by atoms with Gasteiger partial charge in [-0.05, 0) is 72.4 Å². The molecule has 1 fully saturated rings. The molecule has 0 aliphatic carbocycles. The van der Waals surface area contributed by atoms with Crippen LogP contribution in [-0.4, -0.2) is 42.7 Å². The molecular weight excluding hydrogens is 476 g/mol. The average Bonchev–Trinajstić information content (AvgIpc) is 3.76. The standard InChI is InChI=1S/C33H42O5/c1-7-33(6,31(34)22-37-27-14-8-24(9-15-27)23(2)3)38-29-18-12-26(13-19-29)32(4,5)25-10-16-28(17-11-25)35-20-30-21-36-30/h8-19,23,30-31,34H,7,20-22H2,1-6H3. The Labute approximate surface area is 227 Å². The lowest BCUT2D eigenvalue weighted by atomic mass is 9.78. The second kappa shape index (κ2) is 11.8. The van der Waals surface area contributed by atoms with Gasteiger partial charge in [0.15, 0.2) is 0 Å². The summed E-state index contributed by atoms with van der Waals surface area (Å²) in [5, 5.41) is 11.0. The van der Waals surface area contributed by atoms with E-state index in [1.165, 1.54) is 16.7 Å². The first kappa shape index (κ1) is 28.0. The highest BCUT2D eigenvalue weighted by molar-refractivity contribution is 5.42. The summed E-state index contributed by atoms with van der Waals surface area (Å²) in [4.78, 5) is 0. The summed E-state index contributed by atoms with van der Waals surface area (Å²) in [5.41, 5.74) is 2.67. The zero-order chi connectivity index (χ0) is 27.3. The number of rotatable bonds is 13. The normalized spacial score (nSPS) is 17.5. The summed E-state index contributed by atoms with van der Waals surface area (Å²) in [7, 11) is 0. The first-order valence-corrected chi connectivity index (χ1v) is 13.7. The molecule has 3 atom stereocenters. The van der Waals surface area contributed by atoms with Crippen molar-refractivity contribution in [3.63, 3.8) is 0 Å². The summed E-state index contributed by atoms with van der Waals surface area (Å²) < 4.78 is 23.2. The van der Waals surface area contributed by atoms with E-state index in [2.05, 4.69) is 64.1 Å². The van der Waals surface area contributed by atoms with E-state index in [1.807, 2.05) is 50.2 Å². The van der Waals surface area contributed by atoms with Crippen LogP contribution in [0, 0.1) is 0 Å². The predicted molar refractivity (Wildman–Crippen MR) is 152 cm³/mol. The first-order valence-electron chi connectivity index (χ1n) is 13.7. The van der Waals surface area contributed by atoms with Gasteiger partial charge in [0, 0.05) is 5.41 Å². The minimum atomic E-state index is -0.791. The van der Waals surface area contributed by atoms with Crippen molar-refractivity contribution in [2.45, 2.75) is 77.1 Å². The number of hydrogen-bond acceptors (Lipinski definition) is 5. The van der Waals surface area contributed by atoms with Crippen molar-refractivity contribution >= 4 is 0 Å². The van der Waals surface area contributed by atoms with Gasteiger partial charge < -0.3 is 24.1 Å². The van der Waals surface area contributed by atoms with E-state index >= 15 is 0 Å². The Balaban J connectivity index is 1.36.